The molecule has 126 valence electrons. The molecular weight excluding hydrogens is 322 g/mol. The van der Waals surface area contributed by atoms with Gasteiger partial charge in [-0.25, -0.2) is 5.43 Å². The van der Waals surface area contributed by atoms with Crippen molar-refractivity contribution in [1.29, 1.82) is 0 Å². The summed E-state index contributed by atoms with van der Waals surface area (Å²) in [6, 6.07) is 7.59. The Morgan fingerprint density at radius 3 is 2.42 bits per heavy atom. The third kappa shape index (κ3) is 4.76. The first-order valence-electron chi connectivity index (χ1n) is 7.61. The van der Waals surface area contributed by atoms with E-state index in [1.165, 1.54) is 11.3 Å². The van der Waals surface area contributed by atoms with Crippen LogP contribution < -0.4 is 10.7 Å². The Bertz CT molecular complexity index is 757. The van der Waals surface area contributed by atoms with Gasteiger partial charge in [-0.3, -0.25) is 9.59 Å². The van der Waals surface area contributed by atoms with Crippen LogP contribution in [0, 0.1) is 20.8 Å². The number of aryl methyl sites for hydroxylation is 3. The summed E-state index contributed by atoms with van der Waals surface area (Å²) in [5.41, 5.74) is 7.06. The standard InChI is InChI=1S/C18H21N3O2S/c1-11-8-12(2)17(13(3)9-11)19-16(22)10-14(4)20-21-18(23)15-6-5-7-24-15/h5-9H,10H2,1-4H3,(H,19,22)(H,21,23)/b20-14-. The van der Waals surface area contributed by atoms with Crippen LogP contribution in [0.2, 0.25) is 0 Å². The SMILES string of the molecule is C/C(CC(=O)Nc1c(C)cc(C)cc1C)=N/NC(=O)c1cccs1. The van der Waals surface area contributed by atoms with Crippen molar-refractivity contribution in [3.8, 4) is 0 Å². The fourth-order valence-electron chi connectivity index (χ4n) is 2.44. The minimum Gasteiger partial charge on any atom is -0.325 e. The van der Waals surface area contributed by atoms with Gasteiger partial charge in [0, 0.05) is 11.4 Å². The van der Waals surface area contributed by atoms with Crippen LogP contribution in [0.4, 0.5) is 5.69 Å². The quantitative estimate of drug-likeness (QED) is 0.640. The van der Waals surface area contributed by atoms with Crippen molar-refractivity contribution in [3.63, 3.8) is 0 Å². The van der Waals surface area contributed by atoms with Gasteiger partial charge in [-0.05, 0) is 50.3 Å². The highest BCUT2D eigenvalue weighted by molar-refractivity contribution is 7.12. The number of carbonyl (C=O) groups excluding carboxylic acids is 2. The molecule has 2 aromatic rings. The van der Waals surface area contributed by atoms with Crippen LogP contribution in [0.1, 0.15) is 39.7 Å². The van der Waals surface area contributed by atoms with Crippen molar-refractivity contribution in [3.05, 3.63) is 51.2 Å². The molecule has 0 unspecified atom stereocenters. The second kappa shape index (κ2) is 7.88. The van der Waals surface area contributed by atoms with Crippen LogP contribution in [0.3, 0.4) is 0 Å². The molecule has 0 spiro atoms. The molecule has 0 aliphatic carbocycles. The number of hydrogen-bond acceptors (Lipinski definition) is 4. The Morgan fingerprint density at radius 1 is 1.17 bits per heavy atom. The fourth-order valence-corrected chi connectivity index (χ4v) is 3.06. The van der Waals surface area contributed by atoms with Crippen molar-refractivity contribution in [2.75, 3.05) is 5.32 Å². The van der Waals surface area contributed by atoms with Gasteiger partial charge in [0.1, 0.15) is 0 Å². The van der Waals surface area contributed by atoms with Gasteiger partial charge in [0.25, 0.3) is 5.91 Å². The molecule has 6 heteroatoms. The first-order chi connectivity index (χ1) is 11.4. The zero-order chi connectivity index (χ0) is 17.7. The summed E-state index contributed by atoms with van der Waals surface area (Å²) in [5.74, 6) is -0.424. The zero-order valence-electron chi connectivity index (χ0n) is 14.3. The lowest BCUT2D eigenvalue weighted by molar-refractivity contribution is -0.115. The van der Waals surface area contributed by atoms with Gasteiger partial charge >= 0.3 is 0 Å². The minimum absolute atomic E-state index is 0.122. The van der Waals surface area contributed by atoms with E-state index in [0.717, 1.165) is 22.4 Å². The molecule has 0 aliphatic heterocycles. The monoisotopic (exact) mass is 343 g/mol. The van der Waals surface area contributed by atoms with E-state index in [1.54, 1.807) is 19.1 Å². The molecule has 0 radical (unpaired) electrons. The summed E-state index contributed by atoms with van der Waals surface area (Å²) in [5, 5.41) is 8.73. The van der Waals surface area contributed by atoms with E-state index in [-0.39, 0.29) is 18.2 Å². The van der Waals surface area contributed by atoms with Gasteiger partial charge in [0.05, 0.1) is 11.3 Å². The maximum atomic E-state index is 12.2. The van der Waals surface area contributed by atoms with E-state index >= 15 is 0 Å². The Kier molecular flexibility index (Phi) is 5.87. The van der Waals surface area contributed by atoms with Crippen molar-refractivity contribution in [1.82, 2.24) is 5.43 Å². The molecule has 0 saturated heterocycles. The summed E-state index contributed by atoms with van der Waals surface area (Å²) in [6.45, 7) is 7.68. The number of anilines is 1. The lowest BCUT2D eigenvalue weighted by Crippen LogP contribution is -2.21. The Labute approximate surface area is 145 Å². The van der Waals surface area contributed by atoms with Crippen LogP contribution in [0.15, 0.2) is 34.7 Å². The van der Waals surface area contributed by atoms with E-state index in [9.17, 15) is 9.59 Å². The van der Waals surface area contributed by atoms with E-state index in [4.69, 9.17) is 0 Å². The second-order valence-corrected chi connectivity index (χ2v) is 6.71. The molecule has 0 bridgehead atoms. The Morgan fingerprint density at radius 2 is 1.83 bits per heavy atom. The fraction of sp³-hybridized carbons (Fsp3) is 0.278. The van der Waals surface area contributed by atoms with E-state index < -0.39 is 0 Å². The first kappa shape index (κ1) is 17.9. The Balaban J connectivity index is 1.94. The maximum Gasteiger partial charge on any atom is 0.281 e. The largest absolute Gasteiger partial charge is 0.325 e. The number of hydrazone groups is 1. The molecule has 1 aromatic heterocycles. The molecule has 5 nitrogen and oxygen atoms in total. The molecule has 2 N–H and O–H groups in total. The van der Waals surface area contributed by atoms with Crippen molar-refractivity contribution in [2.45, 2.75) is 34.1 Å². The predicted molar refractivity (Wildman–Crippen MR) is 98.8 cm³/mol. The number of hydrogen-bond donors (Lipinski definition) is 2. The highest BCUT2D eigenvalue weighted by atomic mass is 32.1. The van der Waals surface area contributed by atoms with Crippen LogP contribution in [-0.4, -0.2) is 17.5 Å². The summed E-state index contributed by atoms with van der Waals surface area (Å²) in [4.78, 5) is 24.6. The Hall–Kier alpha value is -2.47. The van der Waals surface area contributed by atoms with Crippen LogP contribution in [0.25, 0.3) is 0 Å². The third-order valence-electron chi connectivity index (χ3n) is 3.45. The highest BCUT2D eigenvalue weighted by Crippen LogP contribution is 2.22. The van der Waals surface area contributed by atoms with E-state index in [2.05, 4.69) is 15.8 Å². The number of nitrogens with zero attached hydrogens (tertiary/aromatic N) is 1. The average Bonchev–Trinajstić information content (AvgIpc) is 3.03. The number of thiophene rings is 1. The van der Waals surface area contributed by atoms with Crippen molar-refractivity contribution >= 4 is 34.6 Å². The number of nitrogens with one attached hydrogen (secondary N) is 2. The first-order valence-corrected chi connectivity index (χ1v) is 8.49. The second-order valence-electron chi connectivity index (χ2n) is 5.76. The number of benzene rings is 1. The van der Waals surface area contributed by atoms with E-state index in [1.807, 2.05) is 38.3 Å². The molecule has 1 heterocycles. The molecule has 2 amide bonds. The number of amides is 2. The normalized spacial score (nSPS) is 11.2. The van der Waals surface area contributed by atoms with Gasteiger partial charge in [-0.15, -0.1) is 11.3 Å². The van der Waals surface area contributed by atoms with Crippen LogP contribution >= 0.6 is 11.3 Å². The van der Waals surface area contributed by atoms with Gasteiger partial charge in [0.15, 0.2) is 0 Å². The van der Waals surface area contributed by atoms with Crippen LogP contribution in [-0.2, 0) is 4.79 Å². The minimum atomic E-state index is -0.269. The van der Waals surface area contributed by atoms with Gasteiger partial charge in [-0.2, -0.15) is 5.10 Å². The smallest absolute Gasteiger partial charge is 0.281 e. The number of rotatable bonds is 5. The summed E-state index contributed by atoms with van der Waals surface area (Å²) < 4.78 is 0. The molecule has 0 atom stereocenters. The topological polar surface area (TPSA) is 70.6 Å². The highest BCUT2D eigenvalue weighted by Gasteiger charge is 2.10. The molecule has 2 rings (SSSR count). The van der Waals surface area contributed by atoms with Crippen molar-refractivity contribution in [2.24, 2.45) is 5.10 Å². The lowest BCUT2D eigenvalue weighted by Gasteiger charge is -2.12. The molecule has 0 saturated carbocycles. The number of carbonyl (C=O) groups is 2. The molecular formula is C18H21N3O2S. The molecule has 0 fully saturated rings. The zero-order valence-corrected chi connectivity index (χ0v) is 15.1. The van der Waals surface area contributed by atoms with E-state index in [0.29, 0.717) is 10.6 Å². The summed E-state index contributed by atoms with van der Waals surface area (Å²) in [7, 11) is 0. The molecule has 1 aromatic carbocycles. The summed E-state index contributed by atoms with van der Waals surface area (Å²) >= 11 is 1.34. The lowest BCUT2D eigenvalue weighted by atomic mass is 10.0. The third-order valence-corrected chi connectivity index (χ3v) is 4.32. The molecule has 24 heavy (non-hydrogen) atoms. The predicted octanol–water partition coefficient (Wildman–Crippen LogP) is 3.81. The van der Waals surface area contributed by atoms with Gasteiger partial charge < -0.3 is 5.32 Å². The maximum absolute atomic E-state index is 12.2. The van der Waals surface area contributed by atoms with Crippen molar-refractivity contribution < 1.29 is 9.59 Å². The van der Waals surface area contributed by atoms with Crippen LogP contribution in [0.5, 0.6) is 0 Å². The summed E-state index contributed by atoms with van der Waals surface area (Å²) in [6.07, 6.45) is 0.122. The average molecular weight is 343 g/mol. The molecule has 0 aliphatic rings. The van der Waals surface area contributed by atoms with Gasteiger partial charge in [-0.1, -0.05) is 23.8 Å². The van der Waals surface area contributed by atoms with Gasteiger partial charge in [0.2, 0.25) is 5.91 Å².